The third-order valence-corrected chi connectivity index (χ3v) is 5.41. The van der Waals surface area contributed by atoms with Crippen LogP contribution in [0.4, 0.5) is 5.69 Å². The molecule has 0 radical (unpaired) electrons. The lowest BCUT2D eigenvalue weighted by Crippen LogP contribution is -2.30. The third kappa shape index (κ3) is 3.47. The molecule has 1 aliphatic heterocycles. The van der Waals surface area contributed by atoms with Gasteiger partial charge in [-0.1, -0.05) is 47.5 Å². The molecule has 0 bridgehead atoms. The maximum Gasteiger partial charge on any atom is 0.300 e. The van der Waals surface area contributed by atoms with E-state index in [-0.39, 0.29) is 11.3 Å². The first-order valence-electron chi connectivity index (χ1n) is 9.12. The number of aromatic nitrogens is 1. The smallest absolute Gasteiger partial charge is 0.300 e. The van der Waals surface area contributed by atoms with Crippen LogP contribution in [0.3, 0.4) is 0 Å². The number of aryl methyl sites for hydroxylation is 1. The second kappa shape index (κ2) is 7.94. The molecule has 3 aromatic rings. The van der Waals surface area contributed by atoms with Crippen LogP contribution in [0.5, 0.6) is 0 Å². The molecule has 1 aliphatic rings. The van der Waals surface area contributed by atoms with Crippen molar-refractivity contribution in [2.24, 2.45) is 0 Å². The molecule has 0 aliphatic carbocycles. The van der Waals surface area contributed by atoms with Gasteiger partial charge in [0, 0.05) is 27.5 Å². The molecule has 7 heteroatoms. The number of carbonyl (C=O) groups excluding carboxylic acids is 2. The van der Waals surface area contributed by atoms with Gasteiger partial charge >= 0.3 is 0 Å². The van der Waals surface area contributed by atoms with Crippen molar-refractivity contribution in [1.29, 1.82) is 0 Å². The second-order valence-electron chi connectivity index (χ2n) is 6.86. The summed E-state index contributed by atoms with van der Waals surface area (Å²) in [6, 6.07) is 15.8. The van der Waals surface area contributed by atoms with E-state index in [1.165, 1.54) is 11.0 Å². The summed E-state index contributed by atoms with van der Waals surface area (Å²) < 4.78 is 0. The Labute approximate surface area is 183 Å². The molecule has 1 saturated heterocycles. The molecule has 1 atom stereocenters. The highest BCUT2D eigenvalue weighted by atomic mass is 35.5. The molecule has 5 nitrogen and oxygen atoms in total. The van der Waals surface area contributed by atoms with E-state index >= 15 is 0 Å². The number of halogens is 2. The first-order valence-corrected chi connectivity index (χ1v) is 9.88. The lowest BCUT2D eigenvalue weighted by Gasteiger charge is -2.26. The topological polar surface area (TPSA) is 70.5 Å². The quantitative estimate of drug-likeness (QED) is 0.341. The SMILES string of the molecule is Cc1ccc(Cl)cc1N1C(=O)C(=O)/C(=C(/O)c2cccc(Cl)c2)C1c1ccccn1. The Kier molecular flexibility index (Phi) is 5.33. The third-order valence-electron chi connectivity index (χ3n) is 4.94. The van der Waals surface area contributed by atoms with Crippen molar-refractivity contribution in [3.05, 3.63) is 99.3 Å². The zero-order chi connectivity index (χ0) is 21.4. The van der Waals surface area contributed by atoms with Gasteiger partial charge in [-0.2, -0.15) is 0 Å². The van der Waals surface area contributed by atoms with E-state index in [1.807, 2.05) is 6.92 Å². The van der Waals surface area contributed by atoms with Gasteiger partial charge in [-0.15, -0.1) is 0 Å². The number of nitrogens with zero attached hydrogens (tertiary/aromatic N) is 2. The van der Waals surface area contributed by atoms with Crippen LogP contribution in [-0.4, -0.2) is 21.8 Å². The Morgan fingerprint density at radius 2 is 1.77 bits per heavy atom. The summed E-state index contributed by atoms with van der Waals surface area (Å²) in [5, 5.41) is 11.8. The number of pyridine rings is 1. The molecule has 1 unspecified atom stereocenters. The highest BCUT2D eigenvalue weighted by Crippen LogP contribution is 2.43. The number of anilines is 1. The fourth-order valence-corrected chi connectivity index (χ4v) is 3.89. The van der Waals surface area contributed by atoms with Crippen LogP contribution in [0.25, 0.3) is 5.76 Å². The van der Waals surface area contributed by atoms with E-state index in [1.54, 1.807) is 60.8 Å². The summed E-state index contributed by atoms with van der Waals surface area (Å²) >= 11 is 12.2. The first kappa shape index (κ1) is 20.1. The van der Waals surface area contributed by atoms with Crippen LogP contribution < -0.4 is 4.90 Å². The monoisotopic (exact) mass is 438 g/mol. The van der Waals surface area contributed by atoms with Crippen molar-refractivity contribution in [2.45, 2.75) is 13.0 Å². The van der Waals surface area contributed by atoms with E-state index in [0.717, 1.165) is 5.56 Å². The van der Waals surface area contributed by atoms with E-state index in [4.69, 9.17) is 23.2 Å². The summed E-state index contributed by atoms with van der Waals surface area (Å²) in [6.07, 6.45) is 1.57. The van der Waals surface area contributed by atoms with E-state index in [0.29, 0.717) is 27.0 Å². The summed E-state index contributed by atoms with van der Waals surface area (Å²) in [4.78, 5) is 31.9. The van der Waals surface area contributed by atoms with Gasteiger partial charge in [0.05, 0.1) is 11.3 Å². The van der Waals surface area contributed by atoms with E-state index in [9.17, 15) is 14.7 Å². The molecule has 1 aromatic heterocycles. The molecule has 2 heterocycles. The summed E-state index contributed by atoms with van der Waals surface area (Å²) in [5.74, 6) is -1.88. The Hall–Kier alpha value is -3.15. The van der Waals surface area contributed by atoms with Crippen LogP contribution in [0.2, 0.25) is 10.0 Å². The minimum Gasteiger partial charge on any atom is -0.507 e. The van der Waals surface area contributed by atoms with Gasteiger partial charge in [-0.3, -0.25) is 19.5 Å². The largest absolute Gasteiger partial charge is 0.507 e. The van der Waals surface area contributed by atoms with Crippen molar-refractivity contribution >= 4 is 46.3 Å². The Morgan fingerprint density at radius 1 is 1.00 bits per heavy atom. The van der Waals surface area contributed by atoms with Crippen molar-refractivity contribution in [1.82, 2.24) is 4.98 Å². The predicted molar refractivity (Wildman–Crippen MR) is 117 cm³/mol. The highest BCUT2D eigenvalue weighted by molar-refractivity contribution is 6.52. The molecular formula is C23H16Cl2N2O3. The number of hydrogen-bond acceptors (Lipinski definition) is 4. The molecule has 2 aromatic carbocycles. The van der Waals surface area contributed by atoms with Crippen molar-refractivity contribution < 1.29 is 14.7 Å². The van der Waals surface area contributed by atoms with Gasteiger partial charge < -0.3 is 5.11 Å². The number of Topliss-reactive ketones (excluding diaryl/α,β-unsaturated/α-hetero) is 1. The summed E-state index contributed by atoms with van der Waals surface area (Å²) in [7, 11) is 0. The number of aliphatic hydroxyl groups excluding tert-OH is 1. The number of hydrogen-bond donors (Lipinski definition) is 1. The Bertz CT molecular complexity index is 1190. The van der Waals surface area contributed by atoms with E-state index < -0.39 is 17.7 Å². The predicted octanol–water partition coefficient (Wildman–Crippen LogP) is 5.32. The van der Waals surface area contributed by atoms with Gasteiger partial charge in [0.1, 0.15) is 11.8 Å². The van der Waals surface area contributed by atoms with Gasteiger partial charge in [-0.25, -0.2) is 0 Å². The normalized spacial score (nSPS) is 18.1. The highest BCUT2D eigenvalue weighted by Gasteiger charge is 2.48. The zero-order valence-electron chi connectivity index (χ0n) is 15.8. The first-order chi connectivity index (χ1) is 14.4. The van der Waals surface area contributed by atoms with Crippen molar-refractivity contribution in [2.75, 3.05) is 4.90 Å². The standard InChI is InChI=1S/C23H16Cl2N2O3/c1-13-8-9-16(25)12-18(13)27-20(17-7-2-3-10-26-17)19(22(29)23(27)30)21(28)14-5-4-6-15(24)11-14/h2-12,20,28H,1H3/b21-19+. The number of benzene rings is 2. The number of rotatable bonds is 3. The Morgan fingerprint density at radius 3 is 2.47 bits per heavy atom. The number of aliphatic hydroxyl groups is 1. The van der Waals surface area contributed by atoms with Crippen LogP contribution in [0, 0.1) is 6.92 Å². The molecule has 150 valence electrons. The molecule has 30 heavy (non-hydrogen) atoms. The number of carbonyl (C=O) groups is 2. The minimum absolute atomic E-state index is 0.0552. The van der Waals surface area contributed by atoms with Gasteiger partial charge in [-0.05, 0) is 48.9 Å². The van der Waals surface area contributed by atoms with Crippen LogP contribution in [-0.2, 0) is 9.59 Å². The summed E-state index contributed by atoms with van der Waals surface area (Å²) in [5.41, 5.74) is 1.96. The maximum atomic E-state index is 13.1. The minimum atomic E-state index is -0.914. The van der Waals surface area contributed by atoms with Crippen LogP contribution in [0.15, 0.2) is 72.4 Å². The number of amides is 1. The van der Waals surface area contributed by atoms with Crippen LogP contribution >= 0.6 is 23.2 Å². The zero-order valence-corrected chi connectivity index (χ0v) is 17.4. The number of ketones is 1. The molecule has 1 N–H and O–H groups in total. The summed E-state index contributed by atoms with van der Waals surface area (Å²) in [6.45, 7) is 1.82. The molecule has 1 fully saturated rings. The fraction of sp³-hybridized carbons (Fsp3) is 0.0870. The van der Waals surface area contributed by atoms with Gasteiger partial charge in [0.2, 0.25) is 0 Å². The molecule has 0 saturated carbocycles. The average molecular weight is 439 g/mol. The lowest BCUT2D eigenvalue weighted by atomic mass is 9.98. The molecule has 0 spiro atoms. The molecule has 1 amide bonds. The molecule has 4 rings (SSSR count). The van der Waals surface area contributed by atoms with E-state index in [2.05, 4.69) is 4.98 Å². The fourth-order valence-electron chi connectivity index (χ4n) is 3.53. The van der Waals surface area contributed by atoms with Gasteiger partial charge in [0.25, 0.3) is 11.7 Å². The van der Waals surface area contributed by atoms with Crippen molar-refractivity contribution in [3.8, 4) is 0 Å². The second-order valence-corrected chi connectivity index (χ2v) is 7.74. The average Bonchev–Trinajstić information content (AvgIpc) is 3.00. The van der Waals surface area contributed by atoms with Gasteiger partial charge in [0.15, 0.2) is 0 Å². The maximum absolute atomic E-state index is 13.1. The van der Waals surface area contributed by atoms with Crippen LogP contribution in [0.1, 0.15) is 22.9 Å². The lowest BCUT2D eigenvalue weighted by molar-refractivity contribution is -0.132. The van der Waals surface area contributed by atoms with Crippen molar-refractivity contribution in [3.63, 3.8) is 0 Å². The Balaban J connectivity index is 1.99. The molecular weight excluding hydrogens is 423 g/mol.